The molecule has 0 bridgehead atoms. The van der Waals surface area contributed by atoms with Crippen molar-refractivity contribution in [2.75, 3.05) is 32.8 Å². The molecular weight excluding hydrogens is 200 g/mol. The van der Waals surface area contributed by atoms with Gasteiger partial charge in [0.25, 0.3) is 0 Å². The van der Waals surface area contributed by atoms with Crippen molar-refractivity contribution < 1.29 is 19.4 Å². The van der Waals surface area contributed by atoms with Gasteiger partial charge in [0, 0.05) is 13.1 Å². The number of hydrogen-bond acceptors (Lipinski definition) is 4. The second kappa shape index (κ2) is 6.23. The number of carbonyl (C=O) groups excluding carboxylic acids is 2. The Morgan fingerprint density at radius 1 is 1.33 bits per heavy atom. The van der Waals surface area contributed by atoms with Gasteiger partial charge in [-0.2, -0.15) is 0 Å². The van der Waals surface area contributed by atoms with Crippen LogP contribution in [0.1, 0.15) is 12.8 Å². The Hall–Kier alpha value is -1.30. The van der Waals surface area contributed by atoms with Crippen molar-refractivity contribution in [2.24, 2.45) is 0 Å². The number of rotatable bonds is 4. The molecule has 6 heteroatoms. The van der Waals surface area contributed by atoms with Crippen molar-refractivity contribution in [3.05, 3.63) is 0 Å². The summed E-state index contributed by atoms with van der Waals surface area (Å²) < 4.78 is 4.53. The molecule has 1 rings (SSSR count). The standard InChI is InChI=1S/C9H16N2O4/c12-5-6-15-9(14)10-7-8(13)11-3-1-2-4-11/h12H,1-7H2,(H,10,14). The van der Waals surface area contributed by atoms with Crippen LogP contribution in [0.3, 0.4) is 0 Å². The molecule has 2 amide bonds. The van der Waals surface area contributed by atoms with E-state index in [0.717, 1.165) is 25.9 Å². The predicted molar refractivity (Wildman–Crippen MR) is 52.3 cm³/mol. The first kappa shape index (κ1) is 11.8. The number of likely N-dealkylation sites (tertiary alicyclic amines) is 1. The molecular formula is C9H16N2O4. The van der Waals surface area contributed by atoms with Gasteiger partial charge in [0.1, 0.15) is 13.2 Å². The summed E-state index contributed by atoms with van der Waals surface area (Å²) in [5, 5.41) is 10.7. The van der Waals surface area contributed by atoms with E-state index in [9.17, 15) is 9.59 Å². The fourth-order valence-corrected chi connectivity index (χ4v) is 1.42. The zero-order valence-electron chi connectivity index (χ0n) is 8.57. The third-order valence-corrected chi connectivity index (χ3v) is 2.17. The van der Waals surface area contributed by atoms with E-state index in [4.69, 9.17) is 5.11 Å². The first-order chi connectivity index (χ1) is 7.24. The number of carbonyl (C=O) groups is 2. The molecule has 86 valence electrons. The van der Waals surface area contributed by atoms with E-state index < -0.39 is 6.09 Å². The highest BCUT2D eigenvalue weighted by Gasteiger charge is 2.18. The van der Waals surface area contributed by atoms with Crippen LogP contribution in [0.15, 0.2) is 0 Å². The summed E-state index contributed by atoms with van der Waals surface area (Å²) in [6.07, 6.45) is 1.39. The minimum atomic E-state index is -0.670. The molecule has 0 aromatic heterocycles. The maximum atomic E-state index is 11.4. The highest BCUT2D eigenvalue weighted by molar-refractivity contribution is 5.82. The lowest BCUT2D eigenvalue weighted by molar-refractivity contribution is -0.129. The maximum absolute atomic E-state index is 11.4. The third kappa shape index (κ3) is 4.16. The Kier molecular flexibility index (Phi) is 4.89. The molecule has 0 aliphatic carbocycles. The molecule has 1 saturated heterocycles. The molecule has 6 nitrogen and oxygen atoms in total. The average Bonchev–Trinajstić information content (AvgIpc) is 2.76. The molecule has 0 unspecified atom stereocenters. The first-order valence-electron chi connectivity index (χ1n) is 5.03. The van der Waals surface area contributed by atoms with Crippen molar-refractivity contribution in [3.8, 4) is 0 Å². The van der Waals surface area contributed by atoms with Crippen LogP contribution in [0.4, 0.5) is 4.79 Å². The van der Waals surface area contributed by atoms with Crippen LogP contribution >= 0.6 is 0 Å². The fraction of sp³-hybridized carbons (Fsp3) is 0.778. The lowest BCUT2D eigenvalue weighted by atomic mass is 10.4. The third-order valence-electron chi connectivity index (χ3n) is 2.17. The van der Waals surface area contributed by atoms with Crippen molar-refractivity contribution >= 4 is 12.0 Å². The molecule has 0 aromatic rings. The fourth-order valence-electron chi connectivity index (χ4n) is 1.42. The lowest BCUT2D eigenvalue weighted by Crippen LogP contribution is -2.39. The van der Waals surface area contributed by atoms with E-state index in [1.54, 1.807) is 4.90 Å². The molecule has 1 aliphatic heterocycles. The normalized spacial score (nSPS) is 15.1. The topological polar surface area (TPSA) is 78.9 Å². The minimum absolute atomic E-state index is 0.0374. The lowest BCUT2D eigenvalue weighted by Gasteiger charge is -2.15. The number of nitrogens with one attached hydrogen (secondary N) is 1. The van der Waals surface area contributed by atoms with Crippen molar-refractivity contribution in [2.45, 2.75) is 12.8 Å². The summed E-state index contributed by atoms with van der Waals surface area (Å²) >= 11 is 0. The first-order valence-corrected chi connectivity index (χ1v) is 5.03. The van der Waals surface area contributed by atoms with Gasteiger partial charge in [0.2, 0.25) is 5.91 Å². The molecule has 15 heavy (non-hydrogen) atoms. The Bertz CT molecular complexity index is 226. The second-order valence-corrected chi connectivity index (χ2v) is 3.30. The van der Waals surface area contributed by atoms with Gasteiger partial charge >= 0.3 is 6.09 Å². The average molecular weight is 216 g/mol. The molecule has 0 saturated carbocycles. The summed E-state index contributed by atoms with van der Waals surface area (Å²) in [5.74, 6) is -0.0894. The van der Waals surface area contributed by atoms with Crippen LogP contribution in [0.2, 0.25) is 0 Å². The smallest absolute Gasteiger partial charge is 0.407 e. The van der Waals surface area contributed by atoms with E-state index in [2.05, 4.69) is 10.1 Å². The van der Waals surface area contributed by atoms with Crippen LogP contribution in [0.25, 0.3) is 0 Å². The number of amides is 2. The second-order valence-electron chi connectivity index (χ2n) is 3.30. The summed E-state index contributed by atoms with van der Waals surface area (Å²) in [7, 11) is 0. The van der Waals surface area contributed by atoms with Crippen LogP contribution in [0, 0.1) is 0 Å². The Morgan fingerprint density at radius 3 is 2.60 bits per heavy atom. The maximum Gasteiger partial charge on any atom is 0.407 e. The van der Waals surface area contributed by atoms with Gasteiger partial charge in [0.15, 0.2) is 0 Å². The van der Waals surface area contributed by atoms with Gasteiger partial charge in [-0.05, 0) is 12.8 Å². The number of aliphatic hydroxyl groups excluding tert-OH is 1. The monoisotopic (exact) mass is 216 g/mol. The van der Waals surface area contributed by atoms with E-state index in [1.807, 2.05) is 0 Å². The van der Waals surface area contributed by atoms with Crippen molar-refractivity contribution in [1.29, 1.82) is 0 Å². The molecule has 0 spiro atoms. The largest absolute Gasteiger partial charge is 0.447 e. The molecule has 0 aromatic carbocycles. The molecule has 1 aliphatic rings. The van der Waals surface area contributed by atoms with Crippen LogP contribution < -0.4 is 5.32 Å². The van der Waals surface area contributed by atoms with E-state index in [1.165, 1.54) is 0 Å². The number of hydrogen-bond donors (Lipinski definition) is 2. The van der Waals surface area contributed by atoms with E-state index in [-0.39, 0.29) is 25.7 Å². The van der Waals surface area contributed by atoms with E-state index in [0.29, 0.717) is 0 Å². The van der Waals surface area contributed by atoms with E-state index >= 15 is 0 Å². The zero-order chi connectivity index (χ0) is 11.1. The summed E-state index contributed by atoms with van der Waals surface area (Å²) in [4.78, 5) is 24.1. The van der Waals surface area contributed by atoms with Crippen LogP contribution in [-0.2, 0) is 9.53 Å². The summed E-state index contributed by atoms with van der Waals surface area (Å²) in [6, 6.07) is 0. The number of alkyl carbamates (subject to hydrolysis) is 1. The zero-order valence-corrected chi connectivity index (χ0v) is 8.57. The molecule has 1 fully saturated rings. The molecule has 0 radical (unpaired) electrons. The van der Waals surface area contributed by atoms with Crippen LogP contribution in [-0.4, -0.2) is 54.9 Å². The molecule has 1 heterocycles. The van der Waals surface area contributed by atoms with Gasteiger partial charge in [0.05, 0.1) is 6.61 Å². The number of nitrogens with zero attached hydrogens (tertiary/aromatic N) is 1. The summed E-state index contributed by atoms with van der Waals surface area (Å²) in [6.45, 7) is 1.24. The highest BCUT2D eigenvalue weighted by atomic mass is 16.6. The van der Waals surface area contributed by atoms with Crippen molar-refractivity contribution in [3.63, 3.8) is 0 Å². The number of aliphatic hydroxyl groups is 1. The van der Waals surface area contributed by atoms with Gasteiger partial charge in [-0.3, -0.25) is 4.79 Å². The Morgan fingerprint density at radius 2 is 2.00 bits per heavy atom. The quantitative estimate of drug-likeness (QED) is 0.653. The van der Waals surface area contributed by atoms with Gasteiger partial charge < -0.3 is 20.1 Å². The highest BCUT2D eigenvalue weighted by Crippen LogP contribution is 2.06. The minimum Gasteiger partial charge on any atom is -0.447 e. The Labute approximate surface area is 88.2 Å². The SMILES string of the molecule is O=C(NCC(=O)N1CCCC1)OCCO. The molecule has 0 atom stereocenters. The molecule has 2 N–H and O–H groups in total. The van der Waals surface area contributed by atoms with Crippen molar-refractivity contribution in [1.82, 2.24) is 10.2 Å². The van der Waals surface area contributed by atoms with Gasteiger partial charge in [-0.25, -0.2) is 4.79 Å². The van der Waals surface area contributed by atoms with Gasteiger partial charge in [-0.1, -0.05) is 0 Å². The Balaban J connectivity index is 2.12. The summed E-state index contributed by atoms with van der Waals surface area (Å²) in [5.41, 5.74) is 0. The number of ether oxygens (including phenoxy) is 1. The van der Waals surface area contributed by atoms with Gasteiger partial charge in [-0.15, -0.1) is 0 Å². The van der Waals surface area contributed by atoms with Crippen LogP contribution in [0.5, 0.6) is 0 Å². The predicted octanol–water partition coefficient (Wildman–Crippen LogP) is -0.673.